The summed E-state index contributed by atoms with van der Waals surface area (Å²) in [7, 11) is 0. The summed E-state index contributed by atoms with van der Waals surface area (Å²) in [6.45, 7) is 4.64. The highest BCUT2D eigenvalue weighted by molar-refractivity contribution is 6.04. The van der Waals surface area contributed by atoms with Crippen molar-refractivity contribution in [2.24, 2.45) is 0 Å². The number of benzene rings is 1. The van der Waals surface area contributed by atoms with Crippen LogP contribution in [0, 0.1) is 19.3 Å². The maximum Gasteiger partial charge on any atom is 0.416 e. The highest BCUT2D eigenvalue weighted by Gasteiger charge is 2.31. The largest absolute Gasteiger partial charge is 0.475 e. The van der Waals surface area contributed by atoms with Crippen molar-refractivity contribution in [2.75, 3.05) is 43.1 Å². The van der Waals surface area contributed by atoms with Gasteiger partial charge in [0.05, 0.1) is 30.7 Å². The molecular formula is C27H25F3N4O3. The van der Waals surface area contributed by atoms with Crippen molar-refractivity contribution in [1.29, 1.82) is 0 Å². The van der Waals surface area contributed by atoms with Crippen LogP contribution >= 0.6 is 0 Å². The molecule has 2 aromatic heterocycles. The molecule has 10 heteroatoms. The number of halogens is 3. The maximum atomic E-state index is 13.0. The van der Waals surface area contributed by atoms with Gasteiger partial charge in [-0.2, -0.15) is 13.2 Å². The highest BCUT2D eigenvalue weighted by atomic mass is 19.4. The molecule has 0 spiro atoms. The number of carbonyl (C=O) groups excluding carboxylic acids is 1. The zero-order chi connectivity index (χ0) is 26.4. The second kappa shape index (κ2) is 11.3. The van der Waals surface area contributed by atoms with E-state index in [1.807, 2.05) is 13.0 Å². The first kappa shape index (κ1) is 26.0. The molecule has 192 valence electrons. The Morgan fingerprint density at radius 1 is 1.19 bits per heavy atom. The molecule has 1 fully saturated rings. The minimum absolute atomic E-state index is 0.110. The molecule has 0 bridgehead atoms. The van der Waals surface area contributed by atoms with Crippen LogP contribution in [0.4, 0.5) is 24.5 Å². The van der Waals surface area contributed by atoms with Crippen molar-refractivity contribution < 1.29 is 27.4 Å². The summed E-state index contributed by atoms with van der Waals surface area (Å²) in [6.07, 6.45) is 4.35. The van der Waals surface area contributed by atoms with Crippen LogP contribution in [-0.4, -0.2) is 48.8 Å². The van der Waals surface area contributed by atoms with E-state index in [-0.39, 0.29) is 5.56 Å². The molecule has 0 atom stereocenters. The number of amides is 1. The monoisotopic (exact) mass is 510 g/mol. The lowest BCUT2D eigenvalue weighted by molar-refractivity contribution is -0.137. The molecule has 37 heavy (non-hydrogen) atoms. The number of alkyl halides is 3. The predicted octanol–water partition coefficient (Wildman–Crippen LogP) is 4.96. The number of terminal acetylenes is 1. The zero-order valence-corrected chi connectivity index (χ0v) is 20.1. The van der Waals surface area contributed by atoms with Gasteiger partial charge in [-0.05, 0) is 37.3 Å². The fraction of sp³-hybridized carbons (Fsp3) is 0.296. The molecule has 7 nitrogen and oxygen atoms in total. The lowest BCUT2D eigenvalue weighted by atomic mass is 10.0. The summed E-state index contributed by atoms with van der Waals surface area (Å²) in [5.41, 5.74) is 2.26. The quantitative estimate of drug-likeness (QED) is 0.358. The Labute approximate surface area is 212 Å². The van der Waals surface area contributed by atoms with E-state index in [0.717, 1.165) is 23.4 Å². The average molecular weight is 511 g/mol. The standard InChI is InChI=1S/C27H25F3N4O3/c1-3-4-10-37-26-24(34-8-11-36-12-9-34)14-20(16-32-26)23-15-22(17-31-18(23)2)33-25(35)19-6-5-7-21(13-19)27(28,29)30/h1,5-7,13-17H,4,8-12H2,2H3,(H,33,35). The molecule has 3 aromatic rings. The first-order valence-corrected chi connectivity index (χ1v) is 11.6. The minimum Gasteiger partial charge on any atom is -0.475 e. The van der Waals surface area contributed by atoms with Crippen LogP contribution < -0.4 is 15.0 Å². The van der Waals surface area contributed by atoms with E-state index >= 15 is 0 Å². The van der Waals surface area contributed by atoms with Crippen LogP contribution in [-0.2, 0) is 10.9 Å². The van der Waals surface area contributed by atoms with Crippen LogP contribution in [0.2, 0.25) is 0 Å². The Morgan fingerprint density at radius 3 is 2.70 bits per heavy atom. The number of nitrogens with one attached hydrogen (secondary N) is 1. The average Bonchev–Trinajstić information content (AvgIpc) is 2.90. The number of hydrogen-bond acceptors (Lipinski definition) is 6. The van der Waals surface area contributed by atoms with Gasteiger partial charge in [0.25, 0.3) is 5.91 Å². The van der Waals surface area contributed by atoms with Crippen LogP contribution in [0.5, 0.6) is 5.88 Å². The number of pyridine rings is 2. The van der Waals surface area contributed by atoms with Crippen LogP contribution in [0.15, 0.2) is 48.8 Å². The third-order valence-corrected chi connectivity index (χ3v) is 5.78. The van der Waals surface area contributed by atoms with Crippen molar-refractivity contribution >= 4 is 17.3 Å². The molecule has 0 aliphatic carbocycles. The molecule has 0 unspecified atom stereocenters. The smallest absolute Gasteiger partial charge is 0.416 e. The number of morpholine rings is 1. The van der Waals surface area contributed by atoms with Gasteiger partial charge in [0.15, 0.2) is 0 Å². The fourth-order valence-electron chi connectivity index (χ4n) is 3.87. The van der Waals surface area contributed by atoms with E-state index in [4.69, 9.17) is 15.9 Å². The molecule has 4 rings (SSSR count). The molecule has 0 radical (unpaired) electrons. The number of carbonyl (C=O) groups is 1. The molecule has 1 aliphatic rings. The topological polar surface area (TPSA) is 76.6 Å². The number of nitrogens with zero attached hydrogens (tertiary/aromatic N) is 3. The van der Waals surface area contributed by atoms with Gasteiger partial charge in [0.1, 0.15) is 12.3 Å². The molecule has 0 saturated carbocycles. The highest BCUT2D eigenvalue weighted by Crippen LogP contribution is 2.34. The van der Waals surface area contributed by atoms with E-state index in [0.29, 0.717) is 62.2 Å². The third-order valence-electron chi connectivity index (χ3n) is 5.78. The van der Waals surface area contributed by atoms with Crippen LogP contribution in [0.1, 0.15) is 28.0 Å². The summed E-state index contributed by atoms with van der Waals surface area (Å²) in [6, 6.07) is 7.91. The van der Waals surface area contributed by atoms with Crippen molar-refractivity contribution in [3.8, 4) is 29.4 Å². The first-order chi connectivity index (χ1) is 17.8. The van der Waals surface area contributed by atoms with Gasteiger partial charge in [-0.3, -0.25) is 9.78 Å². The molecule has 1 amide bonds. The molecular weight excluding hydrogens is 485 g/mol. The van der Waals surface area contributed by atoms with Gasteiger partial charge >= 0.3 is 6.18 Å². The zero-order valence-electron chi connectivity index (χ0n) is 20.1. The van der Waals surface area contributed by atoms with E-state index in [9.17, 15) is 18.0 Å². The summed E-state index contributed by atoms with van der Waals surface area (Å²) >= 11 is 0. The summed E-state index contributed by atoms with van der Waals surface area (Å²) < 4.78 is 50.4. The first-order valence-electron chi connectivity index (χ1n) is 11.6. The van der Waals surface area contributed by atoms with Gasteiger partial charge in [0, 0.05) is 48.1 Å². The Bertz CT molecular complexity index is 1310. The van der Waals surface area contributed by atoms with Crippen molar-refractivity contribution in [3.05, 3.63) is 65.6 Å². The van der Waals surface area contributed by atoms with E-state index < -0.39 is 17.6 Å². The van der Waals surface area contributed by atoms with Crippen molar-refractivity contribution in [1.82, 2.24) is 9.97 Å². The van der Waals surface area contributed by atoms with Crippen molar-refractivity contribution in [2.45, 2.75) is 19.5 Å². The SMILES string of the molecule is C#CCCOc1ncc(-c2cc(NC(=O)c3cccc(C(F)(F)F)c3)cnc2C)cc1N1CCOCC1. The Kier molecular flexibility index (Phi) is 7.94. The minimum atomic E-state index is -4.54. The maximum absolute atomic E-state index is 13.0. The lowest BCUT2D eigenvalue weighted by Crippen LogP contribution is -2.36. The van der Waals surface area contributed by atoms with Gasteiger partial charge in [0.2, 0.25) is 5.88 Å². The second-order valence-corrected chi connectivity index (χ2v) is 8.34. The van der Waals surface area contributed by atoms with Gasteiger partial charge in [-0.1, -0.05) is 6.07 Å². The summed E-state index contributed by atoms with van der Waals surface area (Å²) in [5, 5.41) is 2.64. The number of aromatic nitrogens is 2. The number of rotatable bonds is 7. The van der Waals surface area contributed by atoms with Gasteiger partial charge in [-0.15, -0.1) is 12.3 Å². The molecule has 3 heterocycles. The van der Waals surface area contributed by atoms with Gasteiger partial charge in [-0.25, -0.2) is 4.98 Å². The lowest BCUT2D eigenvalue weighted by Gasteiger charge is -2.30. The van der Waals surface area contributed by atoms with E-state index in [1.165, 1.54) is 18.3 Å². The number of ether oxygens (including phenoxy) is 2. The Hall–Kier alpha value is -4.10. The third kappa shape index (κ3) is 6.37. The molecule has 1 saturated heterocycles. The summed E-state index contributed by atoms with van der Waals surface area (Å²) in [5.74, 6) is 2.33. The molecule has 1 N–H and O–H groups in total. The van der Waals surface area contributed by atoms with E-state index in [2.05, 4.69) is 26.1 Å². The van der Waals surface area contributed by atoms with Crippen molar-refractivity contribution in [3.63, 3.8) is 0 Å². The van der Waals surface area contributed by atoms with Crippen LogP contribution in [0.25, 0.3) is 11.1 Å². The number of aryl methyl sites for hydroxylation is 1. The summed E-state index contributed by atoms with van der Waals surface area (Å²) in [4.78, 5) is 23.7. The predicted molar refractivity (Wildman–Crippen MR) is 134 cm³/mol. The van der Waals surface area contributed by atoms with E-state index in [1.54, 1.807) is 12.3 Å². The number of anilines is 2. The normalized spacial score (nSPS) is 13.6. The molecule has 1 aliphatic heterocycles. The molecule has 1 aromatic carbocycles. The van der Waals surface area contributed by atoms with Crippen LogP contribution in [0.3, 0.4) is 0 Å². The fourth-order valence-corrected chi connectivity index (χ4v) is 3.87. The van der Waals surface area contributed by atoms with Gasteiger partial charge < -0.3 is 19.7 Å². The Morgan fingerprint density at radius 2 is 1.97 bits per heavy atom. The number of hydrogen-bond donors (Lipinski definition) is 1. The Balaban J connectivity index is 1.62. The second-order valence-electron chi connectivity index (χ2n) is 8.34.